The van der Waals surface area contributed by atoms with Crippen molar-refractivity contribution in [2.75, 3.05) is 6.54 Å². The molecule has 2 rings (SSSR count). The van der Waals surface area contributed by atoms with Gasteiger partial charge < -0.3 is 10.6 Å². The second-order valence-electron chi connectivity index (χ2n) is 4.48. The van der Waals surface area contributed by atoms with Crippen molar-refractivity contribution in [3.8, 4) is 0 Å². The smallest absolute Gasteiger partial charge is 0.0302 e. The van der Waals surface area contributed by atoms with Gasteiger partial charge in [0.1, 0.15) is 0 Å². The average Bonchev–Trinajstić information content (AvgIpc) is 2.95. The van der Waals surface area contributed by atoms with Crippen molar-refractivity contribution >= 4 is 11.3 Å². The van der Waals surface area contributed by atoms with Crippen molar-refractivity contribution in [2.24, 2.45) is 0 Å². The Morgan fingerprint density at radius 1 is 1.47 bits per heavy atom. The fraction of sp³-hybridized carbons (Fsp3) is 0.667. The van der Waals surface area contributed by atoms with E-state index in [-0.39, 0.29) is 0 Å². The van der Waals surface area contributed by atoms with E-state index in [1.54, 1.807) is 0 Å². The van der Waals surface area contributed by atoms with E-state index >= 15 is 0 Å². The van der Waals surface area contributed by atoms with E-state index in [4.69, 9.17) is 0 Å². The Hall–Kier alpha value is -0.380. The van der Waals surface area contributed by atoms with Crippen molar-refractivity contribution < 1.29 is 0 Å². The number of aryl methyl sites for hydroxylation is 1. The highest BCUT2D eigenvalue weighted by atomic mass is 32.1. The summed E-state index contributed by atoms with van der Waals surface area (Å²) < 4.78 is 0. The summed E-state index contributed by atoms with van der Waals surface area (Å²) in [7, 11) is 0. The van der Waals surface area contributed by atoms with Crippen molar-refractivity contribution in [2.45, 2.75) is 45.3 Å². The molecule has 1 saturated carbocycles. The van der Waals surface area contributed by atoms with Crippen molar-refractivity contribution in [1.29, 1.82) is 0 Å². The van der Waals surface area contributed by atoms with Crippen molar-refractivity contribution in [3.05, 3.63) is 21.9 Å². The van der Waals surface area contributed by atoms with E-state index in [0.717, 1.165) is 19.1 Å². The SMILES string of the molecule is Cc1ccc(CNC(C)CNC2CC2)s1. The first-order chi connectivity index (χ1) is 7.24. The molecule has 2 nitrogen and oxygen atoms in total. The Morgan fingerprint density at radius 3 is 2.87 bits per heavy atom. The quantitative estimate of drug-likeness (QED) is 0.774. The molecular formula is C12H20N2S. The highest BCUT2D eigenvalue weighted by molar-refractivity contribution is 7.11. The number of hydrogen-bond donors (Lipinski definition) is 2. The molecule has 0 radical (unpaired) electrons. The Bertz CT molecular complexity index is 304. The van der Waals surface area contributed by atoms with Crippen molar-refractivity contribution in [1.82, 2.24) is 10.6 Å². The molecule has 1 aromatic heterocycles. The van der Waals surface area contributed by atoms with Gasteiger partial charge in [-0.2, -0.15) is 0 Å². The molecule has 0 aromatic carbocycles. The maximum Gasteiger partial charge on any atom is 0.0302 e. The number of rotatable bonds is 6. The number of nitrogens with one attached hydrogen (secondary N) is 2. The second kappa shape index (κ2) is 5.10. The third kappa shape index (κ3) is 3.93. The minimum absolute atomic E-state index is 0.563. The molecule has 1 unspecified atom stereocenters. The molecule has 1 aliphatic rings. The van der Waals surface area contributed by atoms with Crippen LogP contribution in [0.3, 0.4) is 0 Å². The van der Waals surface area contributed by atoms with E-state index in [9.17, 15) is 0 Å². The lowest BCUT2D eigenvalue weighted by atomic mass is 10.3. The summed E-state index contributed by atoms with van der Waals surface area (Å²) in [6.07, 6.45) is 2.74. The topological polar surface area (TPSA) is 24.1 Å². The fourth-order valence-corrected chi connectivity index (χ4v) is 2.40. The predicted octanol–water partition coefficient (Wildman–Crippen LogP) is 2.29. The van der Waals surface area contributed by atoms with Crippen LogP contribution in [0.4, 0.5) is 0 Å². The van der Waals surface area contributed by atoms with E-state index in [1.807, 2.05) is 11.3 Å². The van der Waals surface area contributed by atoms with E-state index < -0.39 is 0 Å². The molecule has 2 N–H and O–H groups in total. The summed E-state index contributed by atoms with van der Waals surface area (Å²) in [6.45, 7) is 6.50. The molecule has 1 heterocycles. The van der Waals surface area contributed by atoms with Crippen LogP contribution in [-0.4, -0.2) is 18.6 Å². The lowest BCUT2D eigenvalue weighted by Crippen LogP contribution is -2.36. The molecule has 84 valence electrons. The molecule has 1 aliphatic carbocycles. The van der Waals surface area contributed by atoms with E-state index in [0.29, 0.717) is 6.04 Å². The van der Waals surface area contributed by atoms with Gasteiger partial charge in [-0.05, 0) is 38.8 Å². The predicted molar refractivity (Wildman–Crippen MR) is 66.4 cm³/mol. The number of hydrogen-bond acceptors (Lipinski definition) is 3. The van der Waals surface area contributed by atoms with Crippen LogP contribution in [0.2, 0.25) is 0 Å². The van der Waals surface area contributed by atoms with Gasteiger partial charge in [-0.25, -0.2) is 0 Å². The normalized spacial score (nSPS) is 18.0. The van der Waals surface area contributed by atoms with Crippen LogP contribution in [0, 0.1) is 6.92 Å². The van der Waals surface area contributed by atoms with Gasteiger partial charge >= 0.3 is 0 Å². The lowest BCUT2D eigenvalue weighted by Gasteiger charge is -2.13. The first kappa shape index (κ1) is 11.1. The molecule has 3 heteroatoms. The van der Waals surface area contributed by atoms with Crippen molar-refractivity contribution in [3.63, 3.8) is 0 Å². The summed E-state index contributed by atoms with van der Waals surface area (Å²) in [5.74, 6) is 0. The molecule has 0 spiro atoms. The van der Waals surface area contributed by atoms with Gasteiger partial charge in [0, 0.05) is 34.9 Å². The molecule has 1 aromatic rings. The Morgan fingerprint density at radius 2 is 2.27 bits per heavy atom. The Labute approximate surface area is 96.1 Å². The Balaban J connectivity index is 1.63. The van der Waals surface area contributed by atoms with Gasteiger partial charge in [0.2, 0.25) is 0 Å². The zero-order chi connectivity index (χ0) is 10.7. The van der Waals surface area contributed by atoms with Crippen LogP contribution in [-0.2, 0) is 6.54 Å². The molecule has 0 bridgehead atoms. The standard InChI is InChI=1S/C12H20N2S/c1-9(7-14-11-4-5-11)13-8-12-6-3-10(2)15-12/h3,6,9,11,13-14H,4-5,7-8H2,1-2H3. The van der Waals surface area contributed by atoms with Crippen LogP contribution in [0.1, 0.15) is 29.5 Å². The fourth-order valence-electron chi connectivity index (χ4n) is 1.56. The first-order valence-corrected chi connectivity index (χ1v) is 6.58. The van der Waals surface area contributed by atoms with Crippen LogP contribution in [0.5, 0.6) is 0 Å². The Kier molecular flexibility index (Phi) is 3.78. The second-order valence-corrected chi connectivity index (χ2v) is 5.85. The van der Waals surface area contributed by atoms with Gasteiger partial charge in [0.25, 0.3) is 0 Å². The number of thiophene rings is 1. The van der Waals surface area contributed by atoms with Crippen LogP contribution >= 0.6 is 11.3 Å². The molecule has 1 fully saturated rings. The maximum atomic E-state index is 3.54. The molecule has 0 amide bonds. The zero-order valence-corrected chi connectivity index (χ0v) is 10.4. The molecular weight excluding hydrogens is 204 g/mol. The average molecular weight is 224 g/mol. The van der Waals surface area contributed by atoms with Gasteiger partial charge in [-0.15, -0.1) is 11.3 Å². The van der Waals surface area contributed by atoms with Crippen LogP contribution in [0.15, 0.2) is 12.1 Å². The first-order valence-electron chi connectivity index (χ1n) is 5.76. The van der Waals surface area contributed by atoms with Crippen LogP contribution in [0.25, 0.3) is 0 Å². The molecule has 15 heavy (non-hydrogen) atoms. The molecule has 0 aliphatic heterocycles. The zero-order valence-electron chi connectivity index (χ0n) is 9.55. The van der Waals surface area contributed by atoms with E-state index in [2.05, 4.69) is 36.6 Å². The highest BCUT2D eigenvalue weighted by Crippen LogP contribution is 2.18. The highest BCUT2D eigenvalue weighted by Gasteiger charge is 2.20. The van der Waals surface area contributed by atoms with Crippen LogP contribution < -0.4 is 10.6 Å². The monoisotopic (exact) mass is 224 g/mol. The summed E-state index contributed by atoms with van der Waals surface area (Å²) in [4.78, 5) is 2.83. The third-order valence-electron chi connectivity index (χ3n) is 2.71. The van der Waals surface area contributed by atoms with Gasteiger partial charge in [-0.3, -0.25) is 0 Å². The van der Waals surface area contributed by atoms with E-state index in [1.165, 1.54) is 22.6 Å². The third-order valence-corrected chi connectivity index (χ3v) is 3.71. The molecule has 1 atom stereocenters. The molecule has 0 saturated heterocycles. The maximum absolute atomic E-state index is 3.54. The summed E-state index contributed by atoms with van der Waals surface area (Å²) in [5.41, 5.74) is 0. The lowest BCUT2D eigenvalue weighted by molar-refractivity contribution is 0.502. The van der Waals surface area contributed by atoms with Gasteiger partial charge in [0.15, 0.2) is 0 Å². The summed E-state index contributed by atoms with van der Waals surface area (Å²) in [6, 6.07) is 5.79. The largest absolute Gasteiger partial charge is 0.312 e. The summed E-state index contributed by atoms with van der Waals surface area (Å²) >= 11 is 1.88. The minimum atomic E-state index is 0.563. The summed E-state index contributed by atoms with van der Waals surface area (Å²) in [5, 5.41) is 7.08. The van der Waals surface area contributed by atoms with Gasteiger partial charge in [0.05, 0.1) is 0 Å². The minimum Gasteiger partial charge on any atom is -0.312 e. The van der Waals surface area contributed by atoms with Gasteiger partial charge in [-0.1, -0.05) is 0 Å².